The fourth-order valence-corrected chi connectivity index (χ4v) is 2.52. The third kappa shape index (κ3) is 3.13. The Morgan fingerprint density at radius 2 is 2.32 bits per heavy atom. The average Bonchev–Trinajstić information content (AvgIpc) is 2.87. The summed E-state index contributed by atoms with van der Waals surface area (Å²) in [5.74, 6) is 8.08. The van der Waals surface area contributed by atoms with Crippen LogP contribution in [0.15, 0.2) is 6.07 Å². The van der Waals surface area contributed by atoms with Crippen LogP contribution in [0.25, 0.3) is 0 Å². The van der Waals surface area contributed by atoms with Gasteiger partial charge >= 0.3 is 0 Å². The van der Waals surface area contributed by atoms with Gasteiger partial charge in [0.05, 0.1) is 0 Å². The Labute approximate surface area is 114 Å². The summed E-state index contributed by atoms with van der Waals surface area (Å²) in [7, 11) is 0. The maximum absolute atomic E-state index is 9.14. The Bertz CT molecular complexity index is 423. The molecule has 0 bridgehead atoms. The second-order valence-electron chi connectivity index (χ2n) is 5.27. The summed E-state index contributed by atoms with van der Waals surface area (Å²) in [6, 6.07) is 2.24. The normalized spacial score (nSPS) is 19.2. The molecule has 1 fully saturated rings. The monoisotopic (exact) mass is 265 g/mol. The molecule has 6 heteroatoms. The first-order chi connectivity index (χ1) is 9.15. The number of anilines is 2. The minimum Gasteiger partial charge on any atom is -0.396 e. The van der Waals surface area contributed by atoms with Crippen LogP contribution in [0.1, 0.15) is 44.9 Å². The van der Waals surface area contributed by atoms with Crippen molar-refractivity contribution in [1.29, 1.82) is 0 Å². The van der Waals surface area contributed by atoms with Gasteiger partial charge in [0.1, 0.15) is 17.5 Å². The van der Waals surface area contributed by atoms with E-state index in [4.69, 9.17) is 10.9 Å². The molecule has 1 unspecified atom stereocenters. The summed E-state index contributed by atoms with van der Waals surface area (Å²) in [4.78, 5) is 11.3. The predicted molar refractivity (Wildman–Crippen MR) is 76.0 cm³/mol. The van der Waals surface area contributed by atoms with Gasteiger partial charge in [-0.25, -0.2) is 15.8 Å². The summed E-state index contributed by atoms with van der Waals surface area (Å²) < 4.78 is 0. The van der Waals surface area contributed by atoms with E-state index in [0.29, 0.717) is 11.9 Å². The molecule has 1 aromatic heterocycles. The Hall–Kier alpha value is -1.40. The van der Waals surface area contributed by atoms with Crippen LogP contribution in [0.4, 0.5) is 11.6 Å². The lowest BCUT2D eigenvalue weighted by Gasteiger charge is -2.26. The maximum atomic E-state index is 9.14. The van der Waals surface area contributed by atoms with Crippen LogP contribution in [0.2, 0.25) is 0 Å². The molecule has 0 spiro atoms. The smallest absolute Gasteiger partial charge is 0.145 e. The fraction of sp³-hybridized carbons (Fsp3) is 0.692. The van der Waals surface area contributed by atoms with Gasteiger partial charge in [-0.3, -0.25) is 0 Å². The van der Waals surface area contributed by atoms with Crippen LogP contribution < -0.4 is 16.2 Å². The minimum absolute atomic E-state index is 0.214. The molecule has 0 radical (unpaired) electrons. The van der Waals surface area contributed by atoms with Crippen molar-refractivity contribution in [1.82, 2.24) is 9.97 Å². The van der Waals surface area contributed by atoms with E-state index in [0.717, 1.165) is 37.4 Å². The first-order valence-corrected chi connectivity index (χ1v) is 6.88. The summed E-state index contributed by atoms with van der Waals surface area (Å²) in [5.41, 5.74) is 2.61. The van der Waals surface area contributed by atoms with Gasteiger partial charge in [0.2, 0.25) is 0 Å². The van der Waals surface area contributed by atoms with Crippen molar-refractivity contribution in [2.24, 2.45) is 5.84 Å². The van der Waals surface area contributed by atoms with Gasteiger partial charge in [-0.15, -0.1) is 0 Å². The molecular weight excluding hydrogens is 242 g/mol. The zero-order valence-electron chi connectivity index (χ0n) is 11.6. The zero-order valence-corrected chi connectivity index (χ0v) is 11.6. The van der Waals surface area contributed by atoms with Crippen molar-refractivity contribution < 1.29 is 5.11 Å². The third-order valence-corrected chi connectivity index (χ3v) is 3.53. The van der Waals surface area contributed by atoms with Gasteiger partial charge in [0, 0.05) is 31.2 Å². The number of nitrogens with one attached hydrogen (secondary N) is 1. The van der Waals surface area contributed by atoms with Crippen LogP contribution in [0.3, 0.4) is 0 Å². The third-order valence-electron chi connectivity index (χ3n) is 3.53. The van der Waals surface area contributed by atoms with E-state index in [9.17, 15) is 0 Å². The first-order valence-electron chi connectivity index (χ1n) is 6.88. The summed E-state index contributed by atoms with van der Waals surface area (Å²) in [6.07, 6.45) is 3.02. The minimum atomic E-state index is 0.214. The van der Waals surface area contributed by atoms with Crippen molar-refractivity contribution in [3.05, 3.63) is 11.9 Å². The number of nitrogen functional groups attached to an aromatic ring is 1. The molecule has 1 aliphatic rings. The number of rotatable bonds is 5. The largest absolute Gasteiger partial charge is 0.396 e. The molecule has 1 aliphatic heterocycles. The number of hydrazine groups is 1. The zero-order chi connectivity index (χ0) is 13.8. The number of nitrogens with zero attached hydrogens (tertiary/aromatic N) is 3. The lowest BCUT2D eigenvalue weighted by Crippen LogP contribution is -2.31. The summed E-state index contributed by atoms with van der Waals surface area (Å²) >= 11 is 0. The van der Waals surface area contributed by atoms with E-state index in [1.807, 2.05) is 6.07 Å². The Morgan fingerprint density at radius 3 is 2.95 bits per heavy atom. The maximum Gasteiger partial charge on any atom is 0.145 e. The molecule has 0 aromatic carbocycles. The Kier molecular flexibility index (Phi) is 4.55. The molecule has 106 valence electrons. The highest BCUT2D eigenvalue weighted by atomic mass is 16.3. The van der Waals surface area contributed by atoms with Crippen LogP contribution >= 0.6 is 0 Å². The van der Waals surface area contributed by atoms with E-state index in [-0.39, 0.29) is 12.5 Å². The van der Waals surface area contributed by atoms with E-state index in [1.165, 1.54) is 0 Å². The summed E-state index contributed by atoms with van der Waals surface area (Å²) in [5, 5.41) is 9.14. The molecule has 1 aromatic rings. The molecule has 0 amide bonds. The first kappa shape index (κ1) is 14.0. The van der Waals surface area contributed by atoms with E-state index < -0.39 is 0 Å². The Balaban J connectivity index is 2.29. The lowest BCUT2D eigenvalue weighted by atomic mass is 10.1. The molecule has 0 aliphatic carbocycles. The molecule has 2 heterocycles. The highest BCUT2D eigenvalue weighted by Crippen LogP contribution is 2.28. The number of hydrogen-bond donors (Lipinski definition) is 3. The van der Waals surface area contributed by atoms with Crippen LogP contribution in [0.5, 0.6) is 0 Å². The van der Waals surface area contributed by atoms with Crippen molar-refractivity contribution >= 4 is 11.6 Å². The number of aliphatic hydroxyl groups excluding tert-OH is 1. The second-order valence-corrected chi connectivity index (χ2v) is 5.27. The number of hydrogen-bond acceptors (Lipinski definition) is 6. The number of aliphatic hydroxyl groups is 1. The Morgan fingerprint density at radius 1 is 1.53 bits per heavy atom. The van der Waals surface area contributed by atoms with Crippen LogP contribution in [-0.4, -0.2) is 34.3 Å². The molecule has 4 N–H and O–H groups in total. The molecule has 19 heavy (non-hydrogen) atoms. The molecule has 1 atom stereocenters. The van der Waals surface area contributed by atoms with Gasteiger partial charge in [0.25, 0.3) is 0 Å². The van der Waals surface area contributed by atoms with E-state index in [1.54, 1.807) is 0 Å². The average molecular weight is 265 g/mol. The highest BCUT2D eigenvalue weighted by Gasteiger charge is 2.26. The second kappa shape index (κ2) is 6.16. The number of nitrogens with two attached hydrogens (primary N) is 1. The molecular formula is C13H23N5O. The van der Waals surface area contributed by atoms with Crippen LogP contribution in [0, 0.1) is 0 Å². The van der Waals surface area contributed by atoms with Gasteiger partial charge in [-0.2, -0.15) is 0 Å². The van der Waals surface area contributed by atoms with E-state index >= 15 is 0 Å². The van der Waals surface area contributed by atoms with Crippen molar-refractivity contribution in [3.63, 3.8) is 0 Å². The standard InChI is InChI=1S/C13H23N5O/c1-9(2)13-15-11(17-14)8-12(16-13)18-6-3-4-10(18)5-7-19/h8-10,19H,3-7,14H2,1-2H3,(H,15,16,17). The fourth-order valence-electron chi connectivity index (χ4n) is 2.52. The quantitative estimate of drug-likeness (QED) is 0.548. The lowest BCUT2D eigenvalue weighted by molar-refractivity contribution is 0.275. The van der Waals surface area contributed by atoms with Gasteiger partial charge in [-0.1, -0.05) is 13.8 Å². The van der Waals surface area contributed by atoms with Gasteiger partial charge in [0.15, 0.2) is 0 Å². The molecule has 0 saturated carbocycles. The predicted octanol–water partition coefficient (Wildman–Crippen LogP) is 1.24. The van der Waals surface area contributed by atoms with E-state index in [2.05, 4.69) is 34.1 Å². The molecule has 1 saturated heterocycles. The van der Waals surface area contributed by atoms with Crippen LogP contribution in [-0.2, 0) is 0 Å². The topological polar surface area (TPSA) is 87.3 Å². The summed E-state index contributed by atoms with van der Waals surface area (Å²) in [6.45, 7) is 5.32. The van der Waals surface area contributed by atoms with Crippen molar-refractivity contribution in [2.45, 2.75) is 45.1 Å². The van der Waals surface area contributed by atoms with Crippen molar-refractivity contribution in [3.8, 4) is 0 Å². The highest BCUT2D eigenvalue weighted by molar-refractivity contribution is 5.50. The van der Waals surface area contributed by atoms with Crippen molar-refractivity contribution in [2.75, 3.05) is 23.5 Å². The molecule has 6 nitrogen and oxygen atoms in total. The SMILES string of the molecule is CC(C)c1nc(NN)cc(N2CCCC2CCO)n1. The number of aromatic nitrogens is 2. The molecule has 2 rings (SSSR count). The van der Waals surface area contributed by atoms with Gasteiger partial charge < -0.3 is 15.4 Å². The van der Waals surface area contributed by atoms with Gasteiger partial charge in [-0.05, 0) is 19.3 Å².